The Hall–Kier alpha value is -1.06. The van der Waals surface area contributed by atoms with Crippen molar-refractivity contribution in [3.8, 4) is 0 Å². The van der Waals surface area contributed by atoms with Crippen LogP contribution in [0.5, 0.6) is 0 Å². The van der Waals surface area contributed by atoms with E-state index in [2.05, 4.69) is 34.5 Å². The Morgan fingerprint density at radius 2 is 1.80 bits per heavy atom. The third-order valence-electron chi connectivity index (χ3n) is 4.25. The molecule has 0 bridgehead atoms. The van der Waals surface area contributed by atoms with Gasteiger partial charge in [-0.15, -0.1) is 0 Å². The third-order valence-corrected chi connectivity index (χ3v) is 4.25. The maximum atomic E-state index is 9.95. The number of benzene rings is 1. The Kier molecular flexibility index (Phi) is 5.44. The molecule has 1 aliphatic rings. The van der Waals surface area contributed by atoms with Gasteiger partial charge in [0, 0.05) is 31.9 Å². The van der Waals surface area contributed by atoms with Crippen LogP contribution in [0.25, 0.3) is 0 Å². The third kappa shape index (κ3) is 4.50. The molecule has 0 spiro atoms. The second kappa shape index (κ2) is 7.09. The molecular formula is C17H28N2O. The van der Waals surface area contributed by atoms with Crippen molar-refractivity contribution in [1.29, 1.82) is 0 Å². The standard InChI is InChI=1S/C17H28N2O/c1-3-17(2,20)14-18-13-15-7-9-16(10-8-15)19-11-5-4-6-12-19/h7-10,18,20H,3-6,11-14H2,1-2H3. The molecule has 112 valence electrons. The van der Waals surface area contributed by atoms with E-state index in [0.29, 0.717) is 6.54 Å². The fourth-order valence-corrected chi connectivity index (χ4v) is 2.58. The first-order valence-electron chi connectivity index (χ1n) is 7.88. The molecule has 1 unspecified atom stereocenters. The van der Waals surface area contributed by atoms with E-state index in [1.807, 2.05) is 13.8 Å². The molecule has 1 atom stereocenters. The van der Waals surface area contributed by atoms with E-state index in [0.717, 1.165) is 13.0 Å². The molecule has 1 aliphatic heterocycles. The first-order chi connectivity index (χ1) is 9.61. The molecule has 1 saturated heterocycles. The summed E-state index contributed by atoms with van der Waals surface area (Å²) in [5, 5.41) is 13.3. The van der Waals surface area contributed by atoms with Gasteiger partial charge < -0.3 is 15.3 Å². The molecular weight excluding hydrogens is 248 g/mol. The molecule has 1 fully saturated rings. The fourth-order valence-electron chi connectivity index (χ4n) is 2.58. The van der Waals surface area contributed by atoms with Gasteiger partial charge in [-0.25, -0.2) is 0 Å². The van der Waals surface area contributed by atoms with Crippen LogP contribution in [0.15, 0.2) is 24.3 Å². The van der Waals surface area contributed by atoms with Crippen molar-refractivity contribution >= 4 is 5.69 Å². The van der Waals surface area contributed by atoms with E-state index < -0.39 is 5.60 Å². The number of rotatable bonds is 6. The summed E-state index contributed by atoms with van der Waals surface area (Å²) in [6, 6.07) is 8.83. The lowest BCUT2D eigenvalue weighted by atomic mass is 10.0. The Bertz CT molecular complexity index is 394. The number of anilines is 1. The molecule has 0 aliphatic carbocycles. The summed E-state index contributed by atoms with van der Waals surface area (Å²) in [5.41, 5.74) is 2.01. The van der Waals surface area contributed by atoms with Crippen LogP contribution in [0.1, 0.15) is 45.1 Å². The second-order valence-corrected chi connectivity index (χ2v) is 6.17. The monoisotopic (exact) mass is 276 g/mol. The molecule has 0 saturated carbocycles. The second-order valence-electron chi connectivity index (χ2n) is 6.17. The first-order valence-corrected chi connectivity index (χ1v) is 7.88. The van der Waals surface area contributed by atoms with Gasteiger partial charge in [-0.05, 0) is 50.3 Å². The summed E-state index contributed by atoms with van der Waals surface area (Å²) in [5.74, 6) is 0. The Morgan fingerprint density at radius 3 is 2.40 bits per heavy atom. The van der Waals surface area contributed by atoms with Crippen molar-refractivity contribution in [2.45, 2.75) is 51.7 Å². The van der Waals surface area contributed by atoms with Crippen LogP contribution in [0.2, 0.25) is 0 Å². The van der Waals surface area contributed by atoms with E-state index in [1.165, 1.54) is 43.6 Å². The molecule has 1 aromatic rings. The summed E-state index contributed by atoms with van der Waals surface area (Å²) in [6.07, 6.45) is 4.77. The van der Waals surface area contributed by atoms with E-state index in [-0.39, 0.29) is 0 Å². The van der Waals surface area contributed by atoms with Gasteiger partial charge in [0.15, 0.2) is 0 Å². The van der Waals surface area contributed by atoms with Crippen molar-refractivity contribution < 1.29 is 5.11 Å². The van der Waals surface area contributed by atoms with Gasteiger partial charge in [0.1, 0.15) is 0 Å². The summed E-state index contributed by atoms with van der Waals surface area (Å²) >= 11 is 0. The number of nitrogens with one attached hydrogen (secondary N) is 1. The van der Waals surface area contributed by atoms with Gasteiger partial charge in [-0.2, -0.15) is 0 Å². The molecule has 0 aromatic heterocycles. The average molecular weight is 276 g/mol. The summed E-state index contributed by atoms with van der Waals surface area (Å²) in [6.45, 7) is 7.72. The highest BCUT2D eigenvalue weighted by atomic mass is 16.3. The van der Waals surface area contributed by atoms with Gasteiger partial charge >= 0.3 is 0 Å². The molecule has 1 heterocycles. The summed E-state index contributed by atoms with van der Waals surface area (Å²) < 4.78 is 0. The molecule has 0 amide bonds. The highest BCUT2D eigenvalue weighted by Gasteiger charge is 2.16. The van der Waals surface area contributed by atoms with Crippen molar-refractivity contribution in [2.75, 3.05) is 24.5 Å². The van der Waals surface area contributed by atoms with Crippen molar-refractivity contribution in [3.63, 3.8) is 0 Å². The minimum absolute atomic E-state index is 0.603. The summed E-state index contributed by atoms with van der Waals surface area (Å²) in [4.78, 5) is 2.47. The predicted octanol–water partition coefficient (Wildman–Crippen LogP) is 2.93. The van der Waals surface area contributed by atoms with Crippen LogP contribution in [-0.2, 0) is 6.54 Å². The Balaban J connectivity index is 1.82. The van der Waals surface area contributed by atoms with E-state index >= 15 is 0 Å². The van der Waals surface area contributed by atoms with Gasteiger partial charge in [-0.1, -0.05) is 19.1 Å². The largest absolute Gasteiger partial charge is 0.389 e. The molecule has 20 heavy (non-hydrogen) atoms. The fraction of sp³-hybridized carbons (Fsp3) is 0.647. The van der Waals surface area contributed by atoms with Crippen LogP contribution in [0.3, 0.4) is 0 Å². The van der Waals surface area contributed by atoms with Gasteiger partial charge in [0.05, 0.1) is 5.60 Å². The maximum absolute atomic E-state index is 9.95. The van der Waals surface area contributed by atoms with E-state index in [1.54, 1.807) is 0 Å². The van der Waals surface area contributed by atoms with Gasteiger partial charge in [0.2, 0.25) is 0 Å². The molecule has 1 aromatic carbocycles. The van der Waals surface area contributed by atoms with Crippen LogP contribution in [-0.4, -0.2) is 30.3 Å². The zero-order valence-electron chi connectivity index (χ0n) is 12.9. The SMILES string of the molecule is CCC(C)(O)CNCc1ccc(N2CCCCC2)cc1. The van der Waals surface area contributed by atoms with Crippen LogP contribution in [0, 0.1) is 0 Å². The van der Waals surface area contributed by atoms with Gasteiger partial charge in [0.25, 0.3) is 0 Å². The summed E-state index contributed by atoms with van der Waals surface area (Å²) in [7, 11) is 0. The Morgan fingerprint density at radius 1 is 1.15 bits per heavy atom. The highest BCUT2D eigenvalue weighted by molar-refractivity contribution is 5.47. The highest BCUT2D eigenvalue weighted by Crippen LogP contribution is 2.20. The zero-order chi connectivity index (χ0) is 14.4. The van der Waals surface area contributed by atoms with Gasteiger partial charge in [-0.3, -0.25) is 0 Å². The average Bonchev–Trinajstić information content (AvgIpc) is 2.49. The number of aliphatic hydroxyl groups is 1. The normalized spacial score (nSPS) is 18.9. The predicted molar refractivity (Wildman–Crippen MR) is 85.1 cm³/mol. The number of hydrogen-bond donors (Lipinski definition) is 2. The maximum Gasteiger partial charge on any atom is 0.0741 e. The molecule has 3 heteroatoms. The number of hydrogen-bond acceptors (Lipinski definition) is 3. The smallest absolute Gasteiger partial charge is 0.0741 e. The lowest BCUT2D eigenvalue weighted by Crippen LogP contribution is -2.36. The molecule has 2 N–H and O–H groups in total. The van der Waals surface area contributed by atoms with Crippen molar-refractivity contribution in [3.05, 3.63) is 29.8 Å². The van der Waals surface area contributed by atoms with E-state index in [4.69, 9.17) is 0 Å². The minimum Gasteiger partial charge on any atom is -0.389 e. The lowest BCUT2D eigenvalue weighted by Gasteiger charge is -2.29. The number of nitrogens with zero attached hydrogens (tertiary/aromatic N) is 1. The van der Waals surface area contributed by atoms with Crippen LogP contribution >= 0.6 is 0 Å². The van der Waals surface area contributed by atoms with Crippen LogP contribution < -0.4 is 10.2 Å². The lowest BCUT2D eigenvalue weighted by molar-refractivity contribution is 0.0555. The molecule has 2 rings (SSSR count). The first kappa shape index (κ1) is 15.3. The minimum atomic E-state index is -0.603. The number of piperidine rings is 1. The molecule has 3 nitrogen and oxygen atoms in total. The van der Waals surface area contributed by atoms with Crippen molar-refractivity contribution in [1.82, 2.24) is 5.32 Å². The van der Waals surface area contributed by atoms with Crippen LogP contribution in [0.4, 0.5) is 5.69 Å². The van der Waals surface area contributed by atoms with Crippen molar-refractivity contribution in [2.24, 2.45) is 0 Å². The zero-order valence-corrected chi connectivity index (χ0v) is 12.9. The Labute approximate surface area is 123 Å². The molecule has 0 radical (unpaired) electrons. The topological polar surface area (TPSA) is 35.5 Å². The quantitative estimate of drug-likeness (QED) is 0.838. The van der Waals surface area contributed by atoms with E-state index in [9.17, 15) is 5.11 Å².